The lowest BCUT2D eigenvalue weighted by atomic mass is 9.96. The first kappa shape index (κ1) is 15.2. The maximum absolute atomic E-state index is 13.8. The lowest BCUT2D eigenvalue weighted by Gasteiger charge is -2.14. The van der Waals surface area contributed by atoms with Gasteiger partial charge in [-0.2, -0.15) is 0 Å². The lowest BCUT2D eigenvalue weighted by molar-refractivity contribution is 0.264. The molecule has 1 spiro atoms. The van der Waals surface area contributed by atoms with E-state index in [1.165, 1.54) is 6.07 Å². The number of ether oxygens (including phenoxy) is 1. The molecule has 1 aromatic carbocycles. The predicted molar refractivity (Wildman–Crippen MR) is 93.3 cm³/mol. The minimum Gasteiger partial charge on any atom is -0.475 e. The normalized spacial score (nSPS) is 17.7. The Balaban J connectivity index is 1.76. The van der Waals surface area contributed by atoms with Crippen LogP contribution in [0, 0.1) is 5.82 Å². The summed E-state index contributed by atoms with van der Waals surface area (Å²) >= 11 is 0. The summed E-state index contributed by atoms with van der Waals surface area (Å²) in [5.41, 5.74) is 4.66. The van der Waals surface area contributed by atoms with Crippen LogP contribution in [-0.4, -0.2) is 17.1 Å². The Morgan fingerprint density at radius 2 is 2.12 bits per heavy atom. The van der Waals surface area contributed by atoms with Crippen LogP contribution < -0.4 is 10.1 Å². The molecule has 2 aliphatic rings. The number of halogens is 1. The average molecular weight is 324 g/mol. The predicted octanol–water partition coefficient (Wildman–Crippen LogP) is 4.33. The maximum Gasteiger partial charge on any atom is 0.222 e. The summed E-state index contributed by atoms with van der Waals surface area (Å²) in [6.45, 7) is 6.90. The fraction of sp³-hybridized carbons (Fsp3) is 0.350. The minimum atomic E-state index is -0.232. The summed E-state index contributed by atoms with van der Waals surface area (Å²) in [5, 5.41) is 3.48. The number of pyridine rings is 1. The molecule has 2 heterocycles. The summed E-state index contributed by atoms with van der Waals surface area (Å²) in [4.78, 5) is 4.48. The van der Waals surface area contributed by atoms with E-state index in [1.807, 2.05) is 12.1 Å². The second-order valence-corrected chi connectivity index (χ2v) is 6.80. The molecular weight excluding hydrogens is 303 g/mol. The third kappa shape index (κ3) is 2.66. The highest BCUT2D eigenvalue weighted by Crippen LogP contribution is 2.42. The van der Waals surface area contributed by atoms with Crippen LogP contribution in [0.1, 0.15) is 37.3 Å². The van der Waals surface area contributed by atoms with Gasteiger partial charge in [0.25, 0.3) is 0 Å². The van der Waals surface area contributed by atoms with E-state index in [4.69, 9.17) is 4.74 Å². The van der Waals surface area contributed by atoms with Crippen molar-refractivity contribution in [3.63, 3.8) is 0 Å². The molecule has 1 saturated carbocycles. The van der Waals surface area contributed by atoms with Crippen LogP contribution in [0.4, 0.5) is 4.39 Å². The number of aryl methyl sites for hydroxylation is 1. The molecule has 0 atom stereocenters. The SMILES string of the molecule is C=C1NC2(CC2)COc2ncc(-c3cc(F)ccc3CCC)cc21. The second-order valence-electron chi connectivity index (χ2n) is 6.80. The van der Waals surface area contributed by atoms with Crippen molar-refractivity contribution in [2.45, 2.75) is 38.1 Å². The summed E-state index contributed by atoms with van der Waals surface area (Å²) < 4.78 is 19.7. The Morgan fingerprint density at radius 1 is 1.29 bits per heavy atom. The highest BCUT2D eigenvalue weighted by atomic mass is 19.1. The number of rotatable bonds is 3. The van der Waals surface area contributed by atoms with E-state index in [0.717, 1.165) is 53.6 Å². The Bertz CT molecular complexity index is 811. The van der Waals surface area contributed by atoms with Gasteiger partial charge in [-0.3, -0.25) is 0 Å². The highest BCUT2D eigenvalue weighted by Gasteiger charge is 2.45. The van der Waals surface area contributed by atoms with E-state index < -0.39 is 0 Å². The molecular formula is C20H21FN2O. The fourth-order valence-corrected chi connectivity index (χ4v) is 3.29. The number of nitrogens with one attached hydrogen (secondary N) is 1. The summed E-state index contributed by atoms with van der Waals surface area (Å²) in [6, 6.07) is 6.98. The van der Waals surface area contributed by atoms with Crippen molar-refractivity contribution in [1.29, 1.82) is 0 Å². The Labute approximate surface area is 141 Å². The Morgan fingerprint density at radius 3 is 2.88 bits per heavy atom. The summed E-state index contributed by atoms with van der Waals surface area (Å²) in [6.07, 6.45) is 5.88. The van der Waals surface area contributed by atoms with Crippen molar-refractivity contribution in [3.8, 4) is 17.0 Å². The molecule has 0 unspecified atom stereocenters. The number of nitrogens with zero attached hydrogens (tertiary/aromatic N) is 1. The Hall–Kier alpha value is -2.36. The van der Waals surface area contributed by atoms with Crippen molar-refractivity contribution >= 4 is 5.70 Å². The van der Waals surface area contributed by atoms with Gasteiger partial charge in [-0.05, 0) is 48.6 Å². The molecule has 0 bridgehead atoms. The van der Waals surface area contributed by atoms with E-state index in [1.54, 1.807) is 12.3 Å². The first-order valence-corrected chi connectivity index (χ1v) is 8.49. The van der Waals surface area contributed by atoms with E-state index in [2.05, 4.69) is 23.8 Å². The van der Waals surface area contributed by atoms with Gasteiger partial charge in [-0.25, -0.2) is 9.37 Å². The molecule has 0 radical (unpaired) electrons. The zero-order valence-corrected chi connectivity index (χ0v) is 13.9. The van der Waals surface area contributed by atoms with E-state index >= 15 is 0 Å². The molecule has 2 aromatic rings. The van der Waals surface area contributed by atoms with Crippen LogP contribution in [0.5, 0.6) is 5.88 Å². The van der Waals surface area contributed by atoms with Crippen LogP contribution in [0.2, 0.25) is 0 Å². The zero-order valence-electron chi connectivity index (χ0n) is 13.9. The van der Waals surface area contributed by atoms with Crippen LogP contribution in [0.25, 0.3) is 16.8 Å². The van der Waals surface area contributed by atoms with Gasteiger partial charge in [0.05, 0.1) is 11.1 Å². The van der Waals surface area contributed by atoms with Gasteiger partial charge in [0, 0.05) is 17.5 Å². The number of benzene rings is 1. The molecule has 1 N–H and O–H groups in total. The number of fused-ring (bicyclic) bond motifs is 1. The van der Waals surface area contributed by atoms with Gasteiger partial charge in [0.15, 0.2) is 0 Å². The molecule has 0 saturated heterocycles. The molecule has 124 valence electrons. The number of hydrogen-bond acceptors (Lipinski definition) is 3. The minimum absolute atomic E-state index is 0.0319. The first-order valence-electron chi connectivity index (χ1n) is 8.49. The monoisotopic (exact) mass is 324 g/mol. The topological polar surface area (TPSA) is 34.1 Å². The van der Waals surface area contributed by atoms with Gasteiger partial charge in [-0.1, -0.05) is 26.0 Å². The molecule has 24 heavy (non-hydrogen) atoms. The molecule has 1 fully saturated rings. The van der Waals surface area contributed by atoms with Gasteiger partial charge in [-0.15, -0.1) is 0 Å². The van der Waals surface area contributed by atoms with Crippen molar-refractivity contribution in [2.75, 3.05) is 6.61 Å². The van der Waals surface area contributed by atoms with Gasteiger partial charge in [0.2, 0.25) is 5.88 Å². The molecule has 4 rings (SSSR count). The molecule has 3 nitrogen and oxygen atoms in total. The van der Waals surface area contributed by atoms with E-state index in [-0.39, 0.29) is 11.4 Å². The third-order valence-electron chi connectivity index (χ3n) is 4.83. The standard InChI is InChI=1S/C20H21FN2O/c1-3-4-14-5-6-16(21)10-18(14)15-9-17-13(2)23-20(7-8-20)12-24-19(17)22-11-15/h5-6,9-11,23H,2-4,7-8,12H2,1H3. The first-order chi connectivity index (χ1) is 11.6. The Kier molecular flexibility index (Phi) is 3.56. The smallest absolute Gasteiger partial charge is 0.222 e. The van der Waals surface area contributed by atoms with E-state index in [0.29, 0.717) is 12.5 Å². The van der Waals surface area contributed by atoms with Crippen LogP contribution in [0.15, 0.2) is 37.0 Å². The van der Waals surface area contributed by atoms with Gasteiger partial charge in [0.1, 0.15) is 12.4 Å². The average Bonchev–Trinajstić information content (AvgIpc) is 3.36. The molecule has 0 amide bonds. The molecule has 1 aliphatic heterocycles. The molecule has 1 aromatic heterocycles. The van der Waals surface area contributed by atoms with Crippen molar-refractivity contribution in [2.24, 2.45) is 0 Å². The summed E-state index contributed by atoms with van der Waals surface area (Å²) in [7, 11) is 0. The quantitative estimate of drug-likeness (QED) is 0.913. The number of hydrogen-bond donors (Lipinski definition) is 1. The van der Waals surface area contributed by atoms with Crippen LogP contribution in [-0.2, 0) is 6.42 Å². The highest BCUT2D eigenvalue weighted by molar-refractivity contribution is 5.75. The third-order valence-corrected chi connectivity index (χ3v) is 4.83. The largest absolute Gasteiger partial charge is 0.475 e. The van der Waals surface area contributed by atoms with Crippen LogP contribution >= 0.6 is 0 Å². The maximum atomic E-state index is 13.8. The number of aromatic nitrogens is 1. The van der Waals surface area contributed by atoms with Crippen molar-refractivity contribution in [3.05, 3.63) is 54.0 Å². The van der Waals surface area contributed by atoms with Gasteiger partial charge < -0.3 is 10.1 Å². The molecule has 1 aliphatic carbocycles. The lowest BCUT2D eigenvalue weighted by Crippen LogP contribution is -2.33. The van der Waals surface area contributed by atoms with Gasteiger partial charge >= 0.3 is 0 Å². The van der Waals surface area contributed by atoms with Crippen LogP contribution in [0.3, 0.4) is 0 Å². The zero-order chi connectivity index (χ0) is 16.7. The molecule has 4 heteroatoms. The van der Waals surface area contributed by atoms with E-state index in [9.17, 15) is 4.39 Å². The second kappa shape index (κ2) is 5.62. The summed E-state index contributed by atoms with van der Waals surface area (Å²) in [5.74, 6) is 0.374. The van der Waals surface area contributed by atoms with Crippen molar-refractivity contribution < 1.29 is 9.13 Å². The fourth-order valence-electron chi connectivity index (χ4n) is 3.29. The van der Waals surface area contributed by atoms with Crippen molar-refractivity contribution in [1.82, 2.24) is 10.3 Å².